The summed E-state index contributed by atoms with van der Waals surface area (Å²) in [6.45, 7) is 3.17. The van der Waals surface area contributed by atoms with Crippen molar-refractivity contribution in [2.45, 2.75) is 32.0 Å². The van der Waals surface area contributed by atoms with E-state index in [9.17, 15) is 31.2 Å². The van der Waals surface area contributed by atoms with Gasteiger partial charge in [0.25, 0.3) is 5.56 Å². The highest BCUT2D eigenvalue weighted by atomic mass is 32.2. The van der Waals surface area contributed by atoms with Gasteiger partial charge in [-0.05, 0) is 31.5 Å². The van der Waals surface area contributed by atoms with Gasteiger partial charge in [-0.2, -0.15) is 13.2 Å². The van der Waals surface area contributed by atoms with Gasteiger partial charge in [0.1, 0.15) is 5.88 Å². The summed E-state index contributed by atoms with van der Waals surface area (Å²) >= 11 is 0. The first kappa shape index (κ1) is 20.2. The van der Waals surface area contributed by atoms with E-state index in [1.807, 2.05) is 0 Å². The highest BCUT2D eigenvalue weighted by Crippen LogP contribution is 2.37. The molecule has 26 heavy (non-hydrogen) atoms. The molecular formula is C15H17F3N2O5S. The second-order valence-electron chi connectivity index (χ2n) is 5.80. The molecule has 11 heteroatoms. The van der Waals surface area contributed by atoms with Gasteiger partial charge in [0.2, 0.25) is 0 Å². The quantitative estimate of drug-likeness (QED) is 0.834. The molecular weight excluding hydrogens is 377 g/mol. The van der Waals surface area contributed by atoms with Crippen LogP contribution in [-0.4, -0.2) is 30.8 Å². The lowest BCUT2D eigenvalue weighted by Gasteiger charge is -2.19. The Kier molecular flexibility index (Phi) is 5.34. The first-order chi connectivity index (χ1) is 11.8. The maximum Gasteiger partial charge on any atom is 0.416 e. The summed E-state index contributed by atoms with van der Waals surface area (Å²) in [5.74, 6) is -0.880. The third-order valence-electron chi connectivity index (χ3n) is 3.68. The molecule has 1 aromatic heterocycles. The molecule has 1 heterocycles. The molecule has 7 nitrogen and oxygen atoms in total. The summed E-state index contributed by atoms with van der Waals surface area (Å²) in [5.41, 5.74) is -3.74. The number of aromatic amines is 1. The van der Waals surface area contributed by atoms with E-state index >= 15 is 0 Å². The molecule has 2 aromatic rings. The minimum absolute atomic E-state index is 0.153. The van der Waals surface area contributed by atoms with Crippen LogP contribution in [-0.2, 0) is 26.6 Å². The molecule has 0 bridgehead atoms. The Morgan fingerprint density at radius 2 is 1.88 bits per heavy atom. The Morgan fingerprint density at radius 1 is 1.27 bits per heavy atom. The number of rotatable bonds is 5. The van der Waals surface area contributed by atoms with E-state index < -0.39 is 44.8 Å². The van der Waals surface area contributed by atoms with Gasteiger partial charge in [-0.15, -0.1) is 0 Å². The van der Waals surface area contributed by atoms with Crippen LogP contribution in [0.15, 0.2) is 21.7 Å². The van der Waals surface area contributed by atoms with E-state index in [0.29, 0.717) is 10.6 Å². The van der Waals surface area contributed by atoms with Crippen LogP contribution >= 0.6 is 0 Å². The average molecular weight is 394 g/mol. The first-order valence-corrected chi connectivity index (χ1v) is 9.58. The molecule has 0 saturated carbocycles. The molecule has 0 aliphatic carbocycles. The standard InChI is InChI=1S/C15H17F3N2O5S/c1-4-25-8(2)9-5-10-12(6-11(9)15(16,17)18)19-14(22)20(13(10)21)7-26(3,23)24/h5-6,8H,4,7H2,1-3H3,(H,19,22). The molecule has 2 rings (SSSR count). The first-order valence-electron chi connectivity index (χ1n) is 7.52. The van der Waals surface area contributed by atoms with Crippen LogP contribution in [0.3, 0.4) is 0 Å². The van der Waals surface area contributed by atoms with Crippen molar-refractivity contribution in [3.8, 4) is 0 Å². The molecule has 0 amide bonds. The zero-order chi connectivity index (χ0) is 19.9. The molecule has 1 atom stereocenters. The largest absolute Gasteiger partial charge is 0.416 e. The maximum absolute atomic E-state index is 13.4. The lowest BCUT2D eigenvalue weighted by molar-refractivity contribution is -0.139. The van der Waals surface area contributed by atoms with E-state index in [-0.39, 0.29) is 23.1 Å². The summed E-state index contributed by atoms with van der Waals surface area (Å²) in [5, 5.41) is -0.234. The number of nitrogens with one attached hydrogen (secondary N) is 1. The minimum atomic E-state index is -4.73. The molecule has 0 saturated heterocycles. The molecule has 1 unspecified atom stereocenters. The normalized spacial score (nSPS) is 13.9. The van der Waals surface area contributed by atoms with Crippen molar-refractivity contribution in [2.75, 3.05) is 12.9 Å². The van der Waals surface area contributed by atoms with E-state index in [0.717, 1.165) is 12.3 Å². The van der Waals surface area contributed by atoms with Crippen molar-refractivity contribution in [2.24, 2.45) is 0 Å². The van der Waals surface area contributed by atoms with Crippen LogP contribution in [0.2, 0.25) is 0 Å². The number of fused-ring (bicyclic) bond motifs is 1. The molecule has 0 aliphatic rings. The molecule has 0 radical (unpaired) electrons. The molecule has 0 spiro atoms. The average Bonchev–Trinajstić information content (AvgIpc) is 2.49. The zero-order valence-electron chi connectivity index (χ0n) is 14.2. The molecule has 1 aromatic carbocycles. The Hall–Kier alpha value is -2.14. The molecule has 144 valence electrons. The zero-order valence-corrected chi connectivity index (χ0v) is 15.0. The van der Waals surface area contributed by atoms with Crippen molar-refractivity contribution >= 4 is 20.7 Å². The highest BCUT2D eigenvalue weighted by molar-refractivity contribution is 7.89. The molecule has 0 fully saturated rings. The monoisotopic (exact) mass is 394 g/mol. The van der Waals surface area contributed by atoms with Gasteiger partial charge in [-0.3, -0.25) is 4.79 Å². The molecule has 0 aliphatic heterocycles. The number of nitrogens with zero attached hydrogens (tertiary/aromatic N) is 1. The van der Waals surface area contributed by atoms with Gasteiger partial charge < -0.3 is 9.72 Å². The number of alkyl halides is 3. The summed E-state index contributed by atoms with van der Waals surface area (Å²) in [6, 6.07) is 1.64. The number of hydrogen-bond donors (Lipinski definition) is 1. The van der Waals surface area contributed by atoms with Crippen LogP contribution in [0.1, 0.15) is 31.1 Å². The van der Waals surface area contributed by atoms with Gasteiger partial charge in [0, 0.05) is 12.9 Å². The number of ether oxygens (including phenoxy) is 1. The Labute approximate surface area is 146 Å². The van der Waals surface area contributed by atoms with Gasteiger partial charge in [0.15, 0.2) is 9.84 Å². The maximum atomic E-state index is 13.4. The van der Waals surface area contributed by atoms with Crippen molar-refractivity contribution in [1.82, 2.24) is 9.55 Å². The summed E-state index contributed by atoms with van der Waals surface area (Å²) in [4.78, 5) is 26.6. The number of benzene rings is 1. The number of aromatic nitrogens is 2. The fraction of sp³-hybridized carbons (Fsp3) is 0.467. The smallest absolute Gasteiger partial charge is 0.374 e. The van der Waals surface area contributed by atoms with Crippen molar-refractivity contribution in [1.29, 1.82) is 0 Å². The summed E-state index contributed by atoms with van der Waals surface area (Å²) < 4.78 is 68.6. The summed E-state index contributed by atoms with van der Waals surface area (Å²) in [7, 11) is -3.72. The van der Waals surface area contributed by atoms with Crippen LogP contribution in [0.25, 0.3) is 10.9 Å². The van der Waals surface area contributed by atoms with Gasteiger partial charge >= 0.3 is 11.9 Å². The second kappa shape index (κ2) is 6.88. The second-order valence-corrected chi connectivity index (χ2v) is 7.91. The van der Waals surface area contributed by atoms with Gasteiger partial charge in [-0.25, -0.2) is 17.8 Å². The van der Waals surface area contributed by atoms with E-state index in [1.54, 1.807) is 6.92 Å². The molecule has 1 N–H and O–H groups in total. The highest BCUT2D eigenvalue weighted by Gasteiger charge is 2.35. The van der Waals surface area contributed by atoms with Gasteiger partial charge in [-0.1, -0.05) is 0 Å². The van der Waals surface area contributed by atoms with Crippen LogP contribution in [0.4, 0.5) is 13.2 Å². The third kappa shape index (κ3) is 4.15. The predicted molar refractivity (Wildman–Crippen MR) is 88.7 cm³/mol. The van der Waals surface area contributed by atoms with E-state index in [1.165, 1.54) is 6.92 Å². The SMILES string of the molecule is CCOC(C)c1cc2c(=O)n(CS(C)(=O)=O)c(=O)[nH]c2cc1C(F)(F)F. The van der Waals surface area contributed by atoms with Crippen molar-refractivity contribution in [3.63, 3.8) is 0 Å². The Balaban J connectivity index is 2.86. The number of H-pyrrole nitrogens is 1. The minimum Gasteiger partial charge on any atom is -0.374 e. The lowest BCUT2D eigenvalue weighted by atomic mass is 10.00. The van der Waals surface area contributed by atoms with Crippen LogP contribution in [0, 0.1) is 0 Å². The summed E-state index contributed by atoms with van der Waals surface area (Å²) in [6.07, 6.45) is -4.86. The third-order valence-corrected chi connectivity index (χ3v) is 4.40. The Morgan fingerprint density at radius 3 is 2.38 bits per heavy atom. The predicted octanol–water partition coefficient (Wildman–Crippen LogP) is 1.81. The van der Waals surface area contributed by atoms with Gasteiger partial charge in [0.05, 0.1) is 22.6 Å². The fourth-order valence-corrected chi connectivity index (χ4v) is 3.29. The van der Waals surface area contributed by atoms with Crippen LogP contribution in [0.5, 0.6) is 0 Å². The Bertz CT molecular complexity index is 1050. The number of hydrogen-bond acceptors (Lipinski definition) is 5. The van der Waals surface area contributed by atoms with E-state index in [4.69, 9.17) is 4.74 Å². The topological polar surface area (TPSA) is 98.2 Å². The number of halogens is 3. The lowest BCUT2D eigenvalue weighted by Crippen LogP contribution is -2.37. The van der Waals surface area contributed by atoms with Crippen LogP contribution < -0.4 is 11.2 Å². The van der Waals surface area contributed by atoms with Crippen molar-refractivity contribution in [3.05, 3.63) is 44.1 Å². The fourth-order valence-electron chi connectivity index (χ4n) is 2.59. The van der Waals surface area contributed by atoms with Crippen molar-refractivity contribution < 1.29 is 26.3 Å². The van der Waals surface area contributed by atoms with E-state index in [2.05, 4.69) is 4.98 Å². The number of sulfone groups is 1.